The summed E-state index contributed by atoms with van der Waals surface area (Å²) in [6.45, 7) is 2.96. The van der Waals surface area contributed by atoms with E-state index >= 15 is 0 Å². The summed E-state index contributed by atoms with van der Waals surface area (Å²) >= 11 is 0. The van der Waals surface area contributed by atoms with Crippen molar-refractivity contribution in [1.82, 2.24) is 5.32 Å². The van der Waals surface area contributed by atoms with E-state index in [1.807, 2.05) is 0 Å². The fourth-order valence-corrected chi connectivity index (χ4v) is 2.17. The van der Waals surface area contributed by atoms with Gasteiger partial charge in [0.25, 0.3) is 0 Å². The first-order valence-corrected chi connectivity index (χ1v) is 5.86. The topological polar surface area (TPSA) is 52.9 Å². The summed E-state index contributed by atoms with van der Waals surface area (Å²) in [5.74, 6) is -0.0348. The molecule has 2 rings (SSSR count). The van der Waals surface area contributed by atoms with E-state index < -0.39 is 5.41 Å². The highest BCUT2D eigenvalue weighted by Gasteiger charge is 2.51. The number of nitrogens with one attached hydrogen (secondary N) is 1. The third-order valence-corrected chi connectivity index (χ3v) is 3.76. The Morgan fingerprint density at radius 3 is 2.47 bits per heavy atom. The van der Waals surface area contributed by atoms with Gasteiger partial charge in [0, 0.05) is 6.54 Å². The molecule has 2 fully saturated rings. The average Bonchev–Trinajstić information content (AvgIpc) is 3.12. The molecular weight excluding hydrogens is 188 g/mol. The highest BCUT2D eigenvalue weighted by molar-refractivity contribution is 5.88. The molecule has 0 aromatic rings. The van der Waals surface area contributed by atoms with Crippen LogP contribution in [0.1, 0.15) is 45.4 Å². The Hall–Kier alpha value is -1.04. The number of hydrogen-bond acceptors (Lipinski definition) is 2. The highest BCUT2D eigenvalue weighted by atomic mass is 16.2. The summed E-state index contributed by atoms with van der Waals surface area (Å²) in [6.07, 6.45) is 6.35. The van der Waals surface area contributed by atoms with Crippen LogP contribution in [0.25, 0.3) is 0 Å². The van der Waals surface area contributed by atoms with Crippen LogP contribution in [0, 0.1) is 22.2 Å². The molecule has 82 valence electrons. The maximum Gasteiger partial charge on any atom is 0.240 e. The van der Waals surface area contributed by atoms with Crippen molar-refractivity contribution < 1.29 is 4.79 Å². The zero-order chi connectivity index (χ0) is 10.9. The van der Waals surface area contributed by atoms with Gasteiger partial charge < -0.3 is 5.32 Å². The fraction of sp³-hybridized carbons (Fsp3) is 0.833. The highest BCUT2D eigenvalue weighted by Crippen LogP contribution is 2.50. The van der Waals surface area contributed by atoms with Crippen molar-refractivity contribution in [1.29, 1.82) is 5.26 Å². The number of hydrogen-bond donors (Lipinski definition) is 1. The van der Waals surface area contributed by atoms with Gasteiger partial charge in [0.15, 0.2) is 0 Å². The van der Waals surface area contributed by atoms with Gasteiger partial charge in [0.1, 0.15) is 5.41 Å². The van der Waals surface area contributed by atoms with Crippen molar-refractivity contribution in [3.63, 3.8) is 0 Å². The molecule has 2 aliphatic rings. The SMILES string of the molecule is CCCC1(CNC(=O)C2(C#N)CC2)CC1. The normalized spacial score (nSPS) is 24.0. The predicted molar refractivity (Wildman–Crippen MR) is 56.9 cm³/mol. The Morgan fingerprint density at radius 2 is 2.07 bits per heavy atom. The largest absolute Gasteiger partial charge is 0.354 e. The van der Waals surface area contributed by atoms with E-state index in [1.165, 1.54) is 25.7 Å². The first-order valence-electron chi connectivity index (χ1n) is 5.86. The Balaban J connectivity index is 1.79. The number of amides is 1. The fourth-order valence-electron chi connectivity index (χ4n) is 2.17. The second-order valence-electron chi connectivity index (χ2n) is 5.13. The maximum atomic E-state index is 11.7. The number of carbonyl (C=O) groups is 1. The van der Waals surface area contributed by atoms with Crippen LogP contribution >= 0.6 is 0 Å². The molecule has 0 saturated heterocycles. The Morgan fingerprint density at radius 1 is 1.40 bits per heavy atom. The molecule has 3 heteroatoms. The molecule has 0 aromatic heterocycles. The van der Waals surface area contributed by atoms with Crippen molar-refractivity contribution >= 4 is 5.91 Å². The average molecular weight is 206 g/mol. The van der Waals surface area contributed by atoms with Crippen molar-refractivity contribution in [2.45, 2.75) is 45.4 Å². The van der Waals surface area contributed by atoms with Gasteiger partial charge in [-0.2, -0.15) is 5.26 Å². The van der Waals surface area contributed by atoms with Crippen molar-refractivity contribution in [3.8, 4) is 6.07 Å². The molecular formula is C12H18N2O. The molecule has 0 aliphatic heterocycles. The van der Waals surface area contributed by atoms with Crippen molar-refractivity contribution in [2.24, 2.45) is 10.8 Å². The van der Waals surface area contributed by atoms with E-state index in [4.69, 9.17) is 5.26 Å². The van der Waals surface area contributed by atoms with E-state index in [0.29, 0.717) is 5.41 Å². The Bertz CT molecular complexity index is 308. The smallest absolute Gasteiger partial charge is 0.240 e. The number of nitrogens with zero attached hydrogens (tertiary/aromatic N) is 1. The van der Waals surface area contributed by atoms with Gasteiger partial charge in [-0.05, 0) is 37.5 Å². The van der Waals surface area contributed by atoms with Gasteiger partial charge in [0.2, 0.25) is 5.91 Å². The van der Waals surface area contributed by atoms with Crippen LogP contribution in [0.3, 0.4) is 0 Å². The lowest BCUT2D eigenvalue weighted by atomic mass is 10.00. The zero-order valence-electron chi connectivity index (χ0n) is 9.31. The monoisotopic (exact) mass is 206 g/mol. The molecule has 15 heavy (non-hydrogen) atoms. The van der Waals surface area contributed by atoms with Gasteiger partial charge >= 0.3 is 0 Å². The van der Waals surface area contributed by atoms with E-state index in [1.54, 1.807) is 0 Å². The van der Waals surface area contributed by atoms with E-state index in [-0.39, 0.29) is 5.91 Å². The summed E-state index contributed by atoms with van der Waals surface area (Å²) in [6, 6.07) is 2.13. The lowest BCUT2D eigenvalue weighted by Gasteiger charge is -2.16. The summed E-state index contributed by atoms with van der Waals surface area (Å²) < 4.78 is 0. The molecule has 1 N–H and O–H groups in total. The standard InChI is InChI=1S/C12H18N2O/c1-2-3-11(4-5-11)9-14-10(15)12(8-13)6-7-12/h2-7,9H2,1H3,(H,14,15). The summed E-state index contributed by atoms with van der Waals surface area (Å²) in [5.41, 5.74) is -0.266. The first-order chi connectivity index (χ1) is 7.16. The van der Waals surface area contributed by atoms with E-state index in [2.05, 4.69) is 18.3 Å². The van der Waals surface area contributed by atoms with Crippen LogP contribution in [0.15, 0.2) is 0 Å². The minimum absolute atomic E-state index is 0.0348. The van der Waals surface area contributed by atoms with E-state index in [0.717, 1.165) is 19.4 Å². The van der Waals surface area contributed by atoms with Crippen LogP contribution < -0.4 is 5.32 Å². The Labute approximate surface area is 90.8 Å². The van der Waals surface area contributed by atoms with Crippen LogP contribution in [-0.2, 0) is 4.79 Å². The summed E-state index contributed by atoms with van der Waals surface area (Å²) in [5, 5.41) is 11.8. The van der Waals surface area contributed by atoms with Gasteiger partial charge in [-0.25, -0.2) is 0 Å². The van der Waals surface area contributed by atoms with Crippen LogP contribution in [-0.4, -0.2) is 12.5 Å². The van der Waals surface area contributed by atoms with Crippen molar-refractivity contribution in [3.05, 3.63) is 0 Å². The summed E-state index contributed by atoms with van der Waals surface area (Å²) in [4.78, 5) is 11.7. The summed E-state index contributed by atoms with van der Waals surface area (Å²) in [7, 11) is 0. The van der Waals surface area contributed by atoms with Gasteiger partial charge in [-0.15, -0.1) is 0 Å². The van der Waals surface area contributed by atoms with Crippen LogP contribution in [0.5, 0.6) is 0 Å². The number of rotatable bonds is 5. The molecule has 0 unspecified atom stereocenters. The minimum Gasteiger partial charge on any atom is -0.354 e. The lowest BCUT2D eigenvalue weighted by Crippen LogP contribution is -2.35. The molecule has 0 atom stereocenters. The molecule has 3 nitrogen and oxygen atoms in total. The van der Waals surface area contributed by atoms with Crippen LogP contribution in [0.2, 0.25) is 0 Å². The molecule has 1 amide bonds. The Kier molecular flexibility index (Phi) is 2.46. The molecule has 0 spiro atoms. The quantitative estimate of drug-likeness (QED) is 0.747. The molecule has 0 heterocycles. The molecule has 2 saturated carbocycles. The minimum atomic E-state index is -0.651. The van der Waals surface area contributed by atoms with E-state index in [9.17, 15) is 4.79 Å². The second-order valence-corrected chi connectivity index (χ2v) is 5.13. The molecule has 0 radical (unpaired) electrons. The van der Waals surface area contributed by atoms with Crippen molar-refractivity contribution in [2.75, 3.05) is 6.54 Å². The van der Waals surface area contributed by atoms with Gasteiger partial charge in [-0.1, -0.05) is 13.3 Å². The first kappa shape index (κ1) is 10.5. The van der Waals surface area contributed by atoms with Gasteiger partial charge in [0.05, 0.1) is 6.07 Å². The maximum absolute atomic E-state index is 11.7. The van der Waals surface area contributed by atoms with Gasteiger partial charge in [-0.3, -0.25) is 4.79 Å². The molecule has 0 aromatic carbocycles. The lowest BCUT2D eigenvalue weighted by molar-refractivity contribution is -0.124. The molecule has 2 aliphatic carbocycles. The van der Waals surface area contributed by atoms with Crippen LogP contribution in [0.4, 0.5) is 0 Å². The number of carbonyl (C=O) groups excluding carboxylic acids is 1. The third-order valence-electron chi connectivity index (χ3n) is 3.76. The third kappa shape index (κ3) is 1.99. The second kappa shape index (κ2) is 3.52. The number of nitriles is 1. The zero-order valence-corrected chi connectivity index (χ0v) is 9.31. The predicted octanol–water partition coefficient (Wildman–Crippen LogP) is 1.99. The molecule has 0 bridgehead atoms.